The zero-order valence-corrected chi connectivity index (χ0v) is 12.5. The van der Waals surface area contributed by atoms with Crippen molar-refractivity contribution in [1.82, 2.24) is 10.2 Å². The molecule has 5 nitrogen and oxygen atoms in total. The highest BCUT2D eigenvalue weighted by molar-refractivity contribution is 5.64. The van der Waals surface area contributed by atoms with Gasteiger partial charge in [-0.2, -0.15) is 0 Å². The molecule has 5 heteroatoms. The number of nitrogens with zero attached hydrogens (tertiary/aromatic N) is 1. The first-order valence-corrected chi connectivity index (χ1v) is 7.47. The van der Waals surface area contributed by atoms with E-state index in [4.69, 9.17) is 9.84 Å². The fourth-order valence-electron chi connectivity index (χ4n) is 2.69. The van der Waals surface area contributed by atoms with Gasteiger partial charge in [0.15, 0.2) is 0 Å². The normalized spacial score (nSPS) is 16.8. The maximum absolute atomic E-state index is 10.4. The van der Waals surface area contributed by atoms with E-state index in [9.17, 15) is 4.79 Å². The summed E-state index contributed by atoms with van der Waals surface area (Å²) in [6, 6.07) is 8.44. The molecule has 116 valence electrons. The van der Waals surface area contributed by atoms with Gasteiger partial charge in [-0.25, -0.2) is 4.79 Å². The summed E-state index contributed by atoms with van der Waals surface area (Å²) in [5.74, 6) is 0. The third kappa shape index (κ3) is 5.36. The molecule has 0 radical (unpaired) electrons. The number of amides is 1. The van der Waals surface area contributed by atoms with Crippen LogP contribution in [0.1, 0.15) is 24.0 Å². The second kappa shape index (κ2) is 8.00. The number of nitrogens with one attached hydrogen (secondary N) is 1. The van der Waals surface area contributed by atoms with Crippen molar-refractivity contribution in [2.75, 3.05) is 26.7 Å². The van der Waals surface area contributed by atoms with Gasteiger partial charge in [-0.15, -0.1) is 0 Å². The van der Waals surface area contributed by atoms with E-state index in [1.807, 2.05) is 0 Å². The minimum Gasteiger partial charge on any atom is -0.465 e. The first-order valence-electron chi connectivity index (χ1n) is 7.47. The lowest BCUT2D eigenvalue weighted by Crippen LogP contribution is -2.36. The quantitative estimate of drug-likeness (QED) is 0.843. The molecule has 0 saturated carbocycles. The van der Waals surface area contributed by atoms with Gasteiger partial charge in [-0.3, -0.25) is 4.90 Å². The number of carboxylic acid groups (broad SMARTS) is 1. The minimum atomic E-state index is -0.967. The van der Waals surface area contributed by atoms with Gasteiger partial charge in [-0.1, -0.05) is 24.3 Å². The average Bonchev–Trinajstić information content (AvgIpc) is 2.49. The van der Waals surface area contributed by atoms with Crippen LogP contribution >= 0.6 is 0 Å². The number of hydrogen-bond donors (Lipinski definition) is 2. The SMILES string of the molecule is COC1CCN(Cc2ccc(CCNC(=O)O)cc2)CC1. The van der Waals surface area contributed by atoms with Crippen molar-refractivity contribution in [3.8, 4) is 0 Å². The van der Waals surface area contributed by atoms with Crippen LogP contribution in [0.2, 0.25) is 0 Å². The molecule has 1 aliphatic heterocycles. The van der Waals surface area contributed by atoms with Crippen molar-refractivity contribution >= 4 is 6.09 Å². The molecule has 21 heavy (non-hydrogen) atoms. The van der Waals surface area contributed by atoms with Crippen LogP contribution in [0.15, 0.2) is 24.3 Å². The van der Waals surface area contributed by atoms with Gasteiger partial charge in [0.05, 0.1) is 6.10 Å². The Kier molecular flexibility index (Phi) is 6.02. The molecule has 0 atom stereocenters. The third-order valence-electron chi connectivity index (χ3n) is 3.99. The summed E-state index contributed by atoms with van der Waals surface area (Å²) in [5, 5.41) is 10.9. The Labute approximate surface area is 125 Å². The topological polar surface area (TPSA) is 61.8 Å². The summed E-state index contributed by atoms with van der Waals surface area (Å²) < 4.78 is 5.39. The lowest BCUT2D eigenvalue weighted by molar-refractivity contribution is 0.0388. The molecule has 1 aromatic rings. The maximum Gasteiger partial charge on any atom is 0.404 e. The molecule has 1 aliphatic rings. The molecule has 0 unspecified atom stereocenters. The molecule has 1 fully saturated rings. The van der Waals surface area contributed by atoms with Crippen molar-refractivity contribution in [3.05, 3.63) is 35.4 Å². The molecule has 1 saturated heterocycles. The molecule has 1 aromatic carbocycles. The van der Waals surface area contributed by atoms with Crippen molar-refractivity contribution in [3.63, 3.8) is 0 Å². The van der Waals surface area contributed by atoms with Crippen LogP contribution in [0.5, 0.6) is 0 Å². The van der Waals surface area contributed by atoms with Crippen LogP contribution in [-0.4, -0.2) is 48.9 Å². The number of likely N-dealkylation sites (tertiary alicyclic amines) is 1. The number of benzene rings is 1. The smallest absolute Gasteiger partial charge is 0.404 e. The molecular weight excluding hydrogens is 268 g/mol. The van der Waals surface area contributed by atoms with E-state index in [0.29, 0.717) is 12.6 Å². The Morgan fingerprint density at radius 2 is 1.90 bits per heavy atom. The van der Waals surface area contributed by atoms with E-state index in [1.165, 1.54) is 5.56 Å². The van der Waals surface area contributed by atoms with Crippen molar-refractivity contribution in [2.45, 2.75) is 31.9 Å². The van der Waals surface area contributed by atoms with E-state index in [0.717, 1.165) is 44.5 Å². The summed E-state index contributed by atoms with van der Waals surface area (Å²) in [4.78, 5) is 12.8. The van der Waals surface area contributed by atoms with E-state index in [1.54, 1.807) is 7.11 Å². The monoisotopic (exact) mass is 292 g/mol. The number of hydrogen-bond acceptors (Lipinski definition) is 3. The summed E-state index contributed by atoms with van der Waals surface area (Å²) in [6.07, 6.45) is 2.40. The molecule has 1 amide bonds. The molecular formula is C16H24N2O3. The molecule has 0 aromatic heterocycles. The Bertz CT molecular complexity index is 439. The lowest BCUT2D eigenvalue weighted by atomic mass is 10.1. The number of ether oxygens (including phenoxy) is 1. The van der Waals surface area contributed by atoms with E-state index in [2.05, 4.69) is 34.5 Å². The zero-order valence-electron chi connectivity index (χ0n) is 12.5. The van der Waals surface area contributed by atoms with Crippen molar-refractivity contribution < 1.29 is 14.6 Å². The van der Waals surface area contributed by atoms with Gasteiger partial charge in [0, 0.05) is 33.3 Å². The summed E-state index contributed by atoms with van der Waals surface area (Å²) in [6.45, 7) is 3.61. The molecule has 1 heterocycles. The average molecular weight is 292 g/mol. The Morgan fingerprint density at radius 3 is 2.48 bits per heavy atom. The van der Waals surface area contributed by atoms with Gasteiger partial charge in [-0.05, 0) is 30.4 Å². The second-order valence-corrected chi connectivity index (χ2v) is 5.51. The van der Waals surface area contributed by atoms with Gasteiger partial charge in [0.2, 0.25) is 0 Å². The lowest BCUT2D eigenvalue weighted by Gasteiger charge is -2.31. The zero-order chi connectivity index (χ0) is 15.1. The second-order valence-electron chi connectivity index (χ2n) is 5.51. The van der Waals surface area contributed by atoms with E-state index < -0.39 is 6.09 Å². The molecule has 0 bridgehead atoms. The minimum absolute atomic E-state index is 0.422. The Hall–Kier alpha value is -1.59. The summed E-state index contributed by atoms with van der Waals surface area (Å²) in [7, 11) is 1.79. The highest BCUT2D eigenvalue weighted by Gasteiger charge is 2.18. The van der Waals surface area contributed by atoms with Crippen LogP contribution in [0.3, 0.4) is 0 Å². The van der Waals surface area contributed by atoms with E-state index >= 15 is 0 Å². The van der Waals surface area contributed by atoms with Gasteiger partial charge in [0.25, 0.3) is 0 Å². The van der Waals surface area contributed by atoms with Crippen molar-refractivity contribution in [1.29, 1.82) is 0 Å². The fourth-order valence-corrected chi connectivity index (χ4v) is 2.69. The third-order valence-corrected chi connectivity index (χ3v) is 3.99. The van der Waals surface area contributed by atoms with Crippen LogP contribution in [-0.2, 0) is 17.7 Å². The van der Waals surface area contributed by atoms with Crippen LogP contribution < -0.4 is 5.32 Å². The predicted octanol–water partition coefficient (Wildman–Crippen LogP) is 2.11. The standard InChI is InChI=1S/C16H24N2O3/c1-21-15-7-10-18(11-8-15)12-14-4-2-13(3-5-14)6-9-17-16(19)20/h2-5,15,17H,6-12H2,1H3,(H,19,20). The number of methoxy groups -OCH3 is 1. The van der Waals surface area contributed by atoms with Crippen LogP contribution in [0.4, 0.5) is 4.79 Å². The van der Waals surface area contributed by atoms with E-state index in [-0.39, 0.29) is 0 Å². The fraction of sp³-hybridized carbons (Fsp3) is 0.562. The van der Waals surface area contributed by atoms with Gasteiger partial charge < -0.3 is 15.2 Å². The molecule has 0 aliphatic carbocycles. The highest BCUT2D eigenvalue weighted by Crippen LogP contribution is 2.16. The number of piperidine rings is 1. The van der Waals surface area contributed by atoms with Gasteiger partial charge in [0.1, 0.15) is 0 Å². The first kappa shape index (κ1) is 15.8. The highest BCUT2D eigenvalue weighted by atomic mass is 16.5. The van der Waals surface area contributed by atoms with Gasteiger partial charge >= 0.3 is 6.09 Å². The molecule has 2 rings (SSSR count). The Morgan fingerprint density at radius 1 is 1.29 bits per heavy atom. The Balaban J connectivity index is 1.76. The number of carbonyl (C=O) groups is 1. The van der Waals surface area contributed by atoms with Crippen LogP contribution in [0.25, 0.3) is 0 Å². The first-order chi connectivity index (χ1) is 10.2. The van der Waals surface area contributed by atoms with Crippen molar-refractivity contribution in [2.24, 2.45) is 0 Å². The predicted molar refractivity (Wildman–Crippen MR) is 81.5 cm³/mol. The molecule has 0 spiro atoms. The summed E-state index contributed by atoms with van der Waals surface area (Å²) >= 11 is 0. The number of rotatable bonds is 6. The summed E-state index contributed by atoms with van der Waals surface area (Å²) in [5.41, 5.74) is 2.46. The van der Waals surface area contributed by atoms with Crippen LogP contribution in [0, 0.1) is 0 Å². The largest absolute Gasteiger partial charge is 0.465 e. The molecule has 2 N–H and O–H groups in total. The maximum atomic E-state index is 10.4.